The normalized spacial score (nSPS) is 21.6. The Morgan fingerprint density at radius 2 is 1.97 bits per heavy atom. The van der Waals surface area contributed by atoms with Crippen molar-refractivity contribution < 1.29 is 26.0 Å². The first kappa shape index (κ1) is 22.0. The number of sulfone groups is 1. The SMILES string of the molecule is CN(C(=O)CCn1c(=O)oc2cc(S(=O)(=O)N3CCCC3)ccc21)C1CCS(=O)(=O)C1. The molecule has 1 amide bonds. The number of hydrogen-bond donors (Lipinski definition) is 0. The number of sulfonamides is 1. The smallest absolute Gasteiger partial charge is 0.408 e. The topological polar surface area (TPSA) is 127 Å². The van der Waals surface area contributed by atoms with Gasteiger partial charge in [0, 0.05) is 45.2 Å². The number of benzene rings is 1. The largest absolute Gasteiger partial charge is 0.419 e. The molecule has 2 fully saturated rings. The van der Waals surface area contributed by atoms with E-state index in [-0.39, 0.29) is 46.9 Å². The summed E-state index contributed by atoms with van der Waals surface area (Å²) >= 11 is 0. The molecule has 0 aliphatic carbocycles. The van der Waals surface area contributed by atoms with Crippen molar-refractivity contribution in [3.63, 3.8) is 0 Å². The summed E-state index contributed by atoms with van der Waals surface area (Å²) in [5.41, 5.74) is 0.553. The van der Waals surface area contributed by atoms with Crippen molar-refractivity contribution in [1.82, 2.24) is 13.8 Å². The maximum Gasteiger partial charge on any atom is 0.419 e. The fourth-order valence-corrected chi connectivity index (χ4v) is 7.47. The maximum absolute atomic E-state index is 12.7. The zero-order valence-electron chi connectivity index (χ0n) is 17.2. The van der Waals surface area contributed by atoms with E-state index in [0.29, 0.717) is 25.0 Å². The monoisotopic (exact) mass is 471 g/mol. The summed E-state index contributed by atoms with van der Waals surface area (Å²) in [6.07, 6.45) is 2.05. The Morgan fingerprint density at radius 1 is 1.26 bits per heavy atom. The van der Waals surface area contributed by atoms with Crippen LogP contribution in [0.15, 0.2) is 32.3 Å². The van der Waals surface area contributed by atoms with Crippen LogP contribution in [-0.4, -0.2) is 74.2 Å². The fourth-order valence-electron chi connectivity index (χ4n) is 4.16. The van der Waals surface area contributed by atoms with Gasteiger partial charge in [-0.2, -0.15) is 4.31 Å². The van der Waals surface area contributed by atoms with Gasteiger partial charge in [-0.05, 0) is 31.4 Å². The van der Waals surface area contributed by atoms with Gasteiger partial charge in [-0.3, -0.25) is 9.36 Å². The molecule has 0 radical (unpaired) electrons. The molecule has 2 aliphatic rings. The van der Waals surface area contributed by atoms with E-state index in [1.54, 1.807) is 7.05 Å². The van der Waals surface area contributed by atoms with Gasteiger partial charge >= 0.3 is 5.76 Å². The molecule has 3 heterocycles. The molecule has 2 aliphatic heterocycles. The molecule has 0 N–H and O–H groups in total. The number of nitrogens with zero attached hydrogens (tertiary/aromatic N) is 3. The molecule has 10 nitrogen and oxygen atoms in total. The van der Waals surface area contributed by atoms with Gasteiger partial charge in [-0.1, -0.05) is 0 Å². The predicted octanol–water partition coefficient (Wildman–Crippen LogP) is 0.415. The van der Waals surface area contributed by atoms with E-state index in [1.165, 1.54) is 32.0 Å². The summed E-state index contributed by atoms with van der Waals surface area (Å²) in [4.78, 5) is 26.3. The van der Waals surface area contributed by atoms with Crippen molar-refractivity contribution in [1.29, 1.82) is 0 Å². The molecular formula is C19H25N3O7S2. The van der Waals surface area contributed by atoms with Crippen LogP contribution in [0.1, 0.15) is 25.7 Å². The lowest BCUT2D eigenvalue weighted by atomic mass is 10.2. The van der Waals surface area contributed by atoms with Gasteiger partial charge < -0.3 is 9.32 Å². The predicted molar refractivity (Wildman–Crippen MR) is 113 cm³/mol. The number of carbonyl (C=O) groups excluding carboxylic acids is 1. The van der Waals surface area contributed by atoms with Gasteiger partial charge in [-0.25, -0.2) is 21.6 Å². The highest BCUT2D eigenvalue weighted by atomic mass is 32.2. The van der Waals surface area contributed by atoms with Crippen LogP contribution in [0.25, 0.3) is 11.1 Å². The van der Waals surface area contributed by atoms with Gasteiger partial charge in [0.05, 0.1) is 21.9 Å². The second-order valence-corrected chi connectivity index (χ2v) is 12.2. The minimum Gasteiger partial charge on any atom is -0.408 e. The first-order valence-electron chi connectivity index (χ1n) is 10.2. The van der Waals surface area contributed by atoms with Crippen molar-refractivity contribution in [2.24, 2.45) is 0 Å². The van der Waals surface area contributed by atoms with Gasteiger partial charge in [0.1, 0.15) is 0 Å². The number of oxazole rings is 1. The molecule has 1 unspecified atom stereocenters. The van der Waals surface area contributed by atoms with Crippen molar-refractivity contribution >= 4 is 36.9 Å². The van der Waals surface area contributed by atoms with Crippen LogP contribution >= 0.6 is 0 Å². The third kappa shape index (κ3) is 4.28. The van der Waals surface area contributed by atoms with Crippen molar-refractivity contribution in [2.45, 2.75) is 43.2 Å². The Kier molecular flexibility index (Phi) is 5.73. The molecule has 2 aromatic rings. The minimum absolute atomic E-state index is 0.00455. The summed E-state index contributed by atoms with van der Waals surface area (Å²) < 4.78 is 56.7. The Balaban J connectivity index is 1.50. The summed E-state index contributed by atoms with van der Waals surface area (Å²) in [5, 5.41) is 0. The minimum atomic E-state index is -3.64. The van der Waals surface area contributed by atoms with E-state index >= 15 is 0 Å². The number of fused-ring (bicyclic) bond motifs is 1. The Hall–Kier alpha value is -2.18. The van der Waals surface area contributed by atoms with Crippen molar-refractivity contribution in [2.75, 3.05) is 31.6 Å². The molecule has 0 spiro atoms. The summed E-state index contributed by atoms with van der Waals surface area (Å²) in [7, 11) is -5.18. The van der Waals surface area contributed by atoms with Crippen LogP contribution in [0, 0.1) is 0 Å². The highest BCUT2D eigenvalue weighted by Crippen LogP contribution is 2.24. The van der Waals surface area contributed by atoms with Gasteiger partial charge in [0.15, 0.2) is 15.4 Å². The number of hydrogen-bond acceptors (Lipinski definition) is 7. The van der Waals surface area contributed by atoms with E-state index in [0.717, 1.165) is 12.8 Å². The molecule has 1 aromatic heterocycles. The molecule has 0 saturated carbocycles. The molecule has 1 aromatic carbocycles. The van der Waals surface area contributed by atoms with Crippen molar-refractivity contribution in [3.05, 3.63) is 28.7 Å². The van der Waals surface area contributed by atoms with E-state index in [4.69, 9.17) is 4.42 Å². The molecule has 12 heteroatoms. The van der Waals surface area contributed by atoms with Crippen LogP contribution in [0.4, 0.5) is 0 Å². The first-order chi connectivity index (χ1) is 14.6. The second-order valence-electron chi connectivity index (χ2n) is 8.07. The highest BCUT2D eigenvalue weighted by Gasteiger charge is 2.33. The average molecular weight is 472 g/mol. The third-order valence-electron chi connectivity index (χ3n) is 6.04. The van der Waals surface area contributed by atoms with Crippen molar-refractivity contribution in [3.8, 4) is 0 Å². The molecule has 2 saturated heterocycles. The third-order valence-corrected chi connectivity index (χ3v) is 9.69. The first-order valence-corrected chi connectivity index (χ1v) is 13.4. The number of aromatic nitrogens is 1. The van der Waals surface area contributed by atoms with E-state index in [1.807, 2.05) is 0 Å². The Labute approximate surface area is 180 Å². The second kappa shape index (κ2) is 8.06. The average Bonchev–Trinajstić information content (AvgIpc) is 3.44. The number of carbonyl (C=O) groups is 1. The number of aryl methyl sites for hydroxylation is 1. The number of rotatable bonds is 6. The van der Waals surface area contributed by atoms with Crippen LogP contribution in [-0.2, 0) is 31.2 Å². The molecule has 4 rings (SSSR count). The summed E-state index contributed by atoms with van der Waals surface area (Å²) in [5.74, 6) is -0.914. The van der Waals surface area contributed by atoms with Gasteiger partial charge in [-0.15, -0.1) is 0 Å². The lowest BCUT2D eigenvalue weighted by molar-refractivity contribution is -0.131. The van der Waals surface area contributed by atoms with Crippen LogP contribution in [0.5, 0.6) is 0 Å². The summed E-state index contributed by atoms with van der Waals surface area (Å²) in [6.45, 7) is 0.999. The van der Waals surface area contributed by atoms with Gasteiger partial charge in [0.25, 0.3) is 0 Å². The Morgan fingerprint density at radius 3 is 2.61 bits per heavy atom. The van der Waals surface area contributed by atoms with Crippen LogP contribution < -0.4 is 5.76 Å². The fraction of sp³-hybridized carbons (Fsp3) is 0.579. The number of amides is 1. The zero-order chi connectivity index (χ0) is 22.4. The molecule has 170 valence electrons. The molecule has 0 bridgehead atoms. The van der Waals surface area contributed by atoms with Gasteiger partial charge in [0.2, 0.25) is 15.9 Å². The van der Waals surface area contributed by atoms with E-state index in [9.17, 15) is 26.4 Å². The lowest BCUT2D eigenvalue weighted by Crippen LogP contribution is -2.38. The standard InChI is InChI=1S/C19H25N3O7S2/c1-20(14-7-11-30(25,26)13-14)18(23)6-10-22-16-5-4-15(12-17(16)29-19(22)24)31(27,28)21-8-2-3-9-21/h4-5,12,14H,2-3,6-11,13H2,1H3. The molecular weight excluding hydrogens is 446 g/mol. The molecule has 31 heavy (non-hydrogen) atoms. The van der Waals surface area contributed by atoms with Crippen LogP contribution in [0.3, 0.4) is 0 Å². The van der Waals surface area contributed by atoms with E-state index < -0.39 is 25.6 Å². The maximum atomic E-state index is 12.7. The molecule has 1 atom stereocenters. The quantitative estimate of drug-likeness (QED) is 0.597. The zero-order valence-corrected chi connectivity index (χ0v) is 18.8. The lowest BCUT2D eigenvalue weighted by Gasteiger charge is -2.23. The van der Waals surface area contributed by atoms with E-state index in [2.05, 4.69) is 0 Å². The highest BCUT2D eigenvalue weighted by molar-refractivity contribution is 7.91. The Bertz CT molecular complexity index is 1270. The summed E-state index contributed by atoms with van der Waals surface area (Å²) in [6, 6.07) is 3.95. The van der Waals surface area contributed by atoms with Crippen LogP contribution in [0.2, 0.25) is 0 Å².